The SMILES string of the molecule is CCn1nc(CC(C)C)cc1C(=O)N1CCC2(CC1)CC(CN(C)C)OC2=O. The topological polar surface area (TPSA) is 67.7 Å². The molecule has 0 bridgehead atoms. The highest BCUT2D eigenvalue weighted by Gasteiger charge is 2.51. The summed E-state index contributed by atoms with van der Waals surface area (Å²) in [7, 11) is 3.98. The number of cyclic esters (lactones) is 1. The minimum absolute atomic E-state index is 0.0235. The van der Waals surface area contributed by atoms with Gasteiger partial charge in [-0.15, -0.1) is 0 Å². The molecule has 0 aromatic carbocycles. The van der Waals surface area contributed by atoms with Crippen LogP contribution in [-0.2, 0) is 22.5 Å². The van der Waals surface area contributed by atoms with Gasteiger partial charge >= 0.3 is 5.97 Å². The van der Waals surface area contributed by atoms with Crippen LogP contribution in [0.25, 0.3) is 0 Å². The lowest BCUT2D eigenvalue weighted by Crippen LogP contribution is -2.45. The molecule has 0 N–H and O–H groups in total. The van der Waals surface area contributed by atoms with Crippen molar-refractivity contribution in [2.24, 2.45) is 11.3 Å². The van der Waals surface area contributed by atoms with E-state index in [0.717, 1.165) is 25.1 Å². The smallest absolute Gasteiger partial charge is 0.312 e. The van der Waals surface area contributed by atoms with Gasteiger partial charge in [0.2, 0.25) is 0 Å². The van der Waals surface area contributed by atoms with Gasteiger partial charge in [0, 0.05) is 32.6 Å². The molecule has 1 aromatic heterocycles. The van der Waals surface area contributed by atoms with Crippen molar-refractivity contribution < 1.29 is 14.3 Å². The first-order valence-corrected chi connectivity index (χ1v) is 10.5. The summed E-state index contributed by atoms with van der Waals surface area (Å²) in [4.78, 5) is 29.6. The zero-order valence-electron chi connectivity index (χ0n) is 17.9. The molecule has 1 amide bonds. The van der Waals surface area contributed by atoms with Crippen LogP contribution in [0.4, 0.5) is 0 Å². The molecule has 2 fully saturated rings. The van der Waals surface area contributed by atoms with E-state index in [2.05, 4.69) is 23.8 Å². The van der Waals surface area contributed by atoms with Gasteiger partial charge in [0.25, 0.3) is 5.91 Å². The van der Waals surface area contributed by atoms with Gasteiger partial charge in [-0.1, -0.05) is 13.8 Å². The summed E-state index contributed by atoms with van der Waals surface area (Å²) in [6.07, 6.45) is 2.96. The van der Waals surface area contributed by atoms with Crippen molar-refractivity contribution in [1.29, 1.82) is 0 Å². The summed E-state index contributed by atoms with van der Waals surface area (Å²) in [5.74, 6) is 0.446. The van der Waals surface area contributed by atoms with Crippen LogP contribution in [0.3, 0.4) is 0 Å². The highest BCUT2D eigenvalue weighted by atomic mass is 16.6. The van der Waals surface area contributed by atoms with Gasteiger partial charge in [0.1, 0.15) is 11.8 Å². The summed E-state index contributed by atoms with van der Waals surface area (Å²) < 4.78 is 7.43. The highest BCUT2D eigenvalue weighted by molar-refractivity contribution is 5.93. The van der Waals surface area contributed by atoms with Gasteiger partial charge in [-0.05, 0) is 52.3 Å². The second-order valence-electron chi connectivity index (χ2n) is 9.00. The summed E-state index contributed by atoms with van der Waals surface area (Å²) in [6, 6.07) is 1.94. The molecule has 156 valence electrons. The minimum Gasteiger partial charge on any atom is -0.461 e. The van der Waals surface area contributed by atoms with Gasteiger partial charge in [0.05, 0.1) is 11.1 Å². The zero-order chi connectivity index (χ0) is 20.5. The number of carbonyl (C=O) groups excluding carboxylic acids is 2. The number of carbonyl (C=O) groups is 2. The van der Waals surface area contributed by atoms with E-state index >= 15 is 0 Å². The van der Waals surface area contributed by atoms with Crippen LogP contribution in [-0.4, -0.2) is 71.3 Å². The number of aromatic nitrogens is 2. The molecule has 1 aromatic rings. The minimum atomic E-state index is -0.411. The molecule has 1 atom stereocenters. The van der Waals surface area contributed by atoms with Crippen LogP contribution < -0.4 is 0 Å². The maximum atomic E-state index is 13.1. The molecule has 1 unspecified atom stereocenters. The van der Waals surface area contributed by atoms with Crippen LogP contribution in [0, 0.1) is 11.3 Å². The van der Waals surface area contributed by atoms with Crippen molar-refractivity contribution in [2.75, 3.05) is 33.7 Å². The number of aryl methyl sites for hydroxylation is 1. The van der Waals surface area contributed by atoms with Crippen molar-refractivity contribution in [3.8, 4) is 0 Å². The zero-order valence-corrected chi connectivity index (χ0v) is 17.9. The third-order valence-electron chi connectivity index (χ3n) is 5.87. The van der Waals surface area contributed by atoms with Crippen molar-refractivity contribution in [3.63, 3.8) is 0 Å². The number of piperidine rings is 1. The van der Waals surface area contributed by atoms with E-state index in [1.807, 2.05) is 32.0 Å². The fraction of sp³-hybridized carbons (Fsp3) is 0.762. The molecule has 2 saturated heterocycles. The number of rotatable bonds is 6. The van der Waals surface area contributed by atoms with E-state index in [1.54, 1.807) is 4.68 Å². The first-order chi connectivity index (χ1) is 13.2. The highest BCUT2D eigenvalue weighted by Crippen LogP contribution is 2.43. The third kappa shape index (κ3) is 4.24. The maximum absolute atomic E-state index is 13.1. The van der Waals surface area contributed by atoms with E-state index in [-0.39, 0.29) is 18.0 Å². The van der Waals surface area contributed by atoms with E-state index in [0.29, 0.717) is 44.1 Å². The first kappa shape index (κ1) is 20.8. The van der Waals surface area contributed by atoms with Gasteiger partial charge in [0.15, 0.2) is 0 Å². The number of esters is 1. The number of hydrogen-bond acceptors (Lipinski definition) is 5. The largest absolute Gasteiger partial charge is 0.461 e. The molecule has 7 heteroatoms. The molecule has 0 saturated carbocycles. The Hall–Kier alpha value is -1.89. The molecule has 28 heavy (non-hydrogen) atoms. The average molecular weight is 391 g/mol. The predicted octanol–water partition coefficient (Wildman–Crippen LogP) is 2.20. The Kier molecular flexibility index (Phi) is 6.12. The molecule has 2 aliphatic rings. The van der Waals surface area contributed by atoms with Gasteiger partial charge < -0.3 is 14.5 Å². The molecule has 3 rings (SSSR count). The Morgan fingerprint density at radius 3 is 2.61 bits per heavy atom. The van der Waals surface area contributed by atoms with Crippen LogP contribution >= 0.6 is 0 Å². The van der Waals surface area contributed by atoms with E-state index in [4.69, 9.17) is 4.74 Å². The number of hydrogen-bond donors (Lipinski definition) is 0. The molecule has 0 aliphatic carbocycles. The Morgan fingerprint density at radius 1 is 1.36 bits per heavy atom. The summed E-state index contributed by atoms with van der Waals surface area (Å²) in [5, 5.41) is 4.60. The molecule has 1 spiro atoms. The quantitative estimate of drug-likeness (QED) is 0.697. The lowest BCUT2D eigenvalue weighted by atomic mass is 9.76. The molecule has 3 heterocycles. The summed E-state index contributed by atoms with van der Waals surface area (Å²) in [5.41, 5.74) is 1.22. The van der Waals surface area contributed by atoms with E-state index in [1.165, 1.54) is 0 Å². The number of amides is 1. The van der Waals surface area contributed by atoms with Gasteiger partial charge in [-0.25, -0.2) is 0 Å². The number of nitrogens with zero attached hydrogens (tertiary/aromatic N) is 4. The lowest BCUT2D eigenvalue weighted by molar-refractivity contribution is -0.150. The lowest BCUT2D eigenvalue weighted by Gasteiger charge is -2.36. The monoisotopic (exact) mass is 390 g/mol. The van der Waals surface area contributed by atoms with Crippen molar-refractivity contribution >= 4 is 11.9 Å². The number of likely N-dealkylation sites (N-methyl/N-ethyl adjacent to an activating group) is 1. The van der Waals surface area contributed by atoms with Crippen molar-refractivity contribution in [1.82, 2.24) is 19.6 Å². The maximum Gasteiger partial charge on any atom is 0.312 e. The van der Waals surface area contributed by atoms with Gasteiger partial charge in [-0.3, -0.25) is 14.3 Å². The molecule has 7 nitrogen and oxygen atoms in total. The Balaban J connectivity index is 1.66. The molecular weight excluding hydrogens is 356 g/mol. The Bertz CT molecular complexity index is 717. The van der Waals surface area contributed by atoms with Crippen LogP contribution in [0.15, 0.2) is 6.07 Å². The predicted molar refractivity (Wildman–Crippen MR) is 107 cm³/mol. The standard InChI is InChI=1S/C21H34N4O3/c1-6-25-18(12-16(22-25)11-15(2)3)19(26)24-9-7-21(8-10-24)13-17(14-23(4)5)28-20(21)27/h12,15,17H,6-11,13-14H2,1-5H3. The second-order valence-corrected chi connectivity index (χ2v) is 9.00. The third-order valence-corrected chi connectivity index (χ3v) is 5.87. The fourth-order valence-corrected chi connectivity index (χ4v) is 4.46. The molecule has 0 radical (unpaired) electrons. The summed E-state index contributed by atoms with van der Waals surface area (Å²) in [6.45, 7) is 8.93. The van der Waals surface area contributed by atoms with Crippen LogP contribution in [0.5, 0.6) is 0 Å². The van der Waals surface area contributed by atoms with E-state index < -0.39 is 5.41 Å². The first-order valence-electron chi connectivity index (χ1n) is 10.5. The van der Waals surface area contributed by atoms with E-state index in [9.17, 15) is 9.59 Å². The molecule has 2 aliphatic heterocycles. The Morgan fingerprint density at radius 2 is 2.04 bits per heavy atom. The number of likely N-dealkylation sites (tertiary alicyclic amines) is 1. The Labute approximate surface area is 168 Å². The fourth-order valence-electron chi connectivity index (χ4n) is 4.46. The van der Waals surface area contributed by atoms with Crippen molar-refractivity contribution in [2.45, 2.75) is 59.1 Å². The van der Waals surface area contributed by atoms with Gasteiger partial charge in [-0.2, -0.15) is 5.10 Å². The number of ether oxygens (including phenoxy) is 1. The second kappa shape index (κ2) is 8.23. The summed E-state index contributed by atoms with van der Waals surface area (Å²) >= 11 is 0. The van der Waals surface area contributed by atoms with Crippen LogP contribution in [0.1, 0.15) is 56.2 Å². The van der Waals surface area contributed by atoms with Crippen molar-refractivity contribution in [3.05, 3.63) is 17.5 Å². The van der Waals surface area contributed by atoms with Crippen LogP contribution in [0.2, 0.25) is 0 Å². The normalized spacial score (nSPS) is 21.8. The average Bonchev–Trinajstić information content (AvgIpc) is 3.15. The molecular formula is C21H34N4O3.